The standard InChI is InChI=1S/C11H16N2O2/c1-8-6-10(12)11(13-7-8)15-9-2-4-14-5-3-9/h6-7,9H,2-5,12H2,1H3. The Labute approximate surface area is 89.4 Å². The van der Waals surface area contributed by atoms with Crippen molar-refractivity contribution in [3.05, 3.63) is 17.8 Å². The van der Waals surface area contributed by atoms with Gasteiger partial charge in [0.1, 0.15) is 6.10 Å². The Kier molecular flexibility index (Phi) is 3.06. The third kappa shape index (κ3) is 2.59. The maximum absolute atomic E-state index is 5.82. The van der Waals surface area contributed by atoms with Crippen LogP contribution in [0.5, 0.6) is 5.88 Å². The number of aromatic nitrogens is 1. The fourth-order valence-electron chi connectivity index (χ4n) is 1.63. The summed E-state index contributed by atoms with van der Waals surface area (Å²) in [5.41, 5.74) is 7.48. The van der Waals surface area contributed by atoms with Crippen molar-refractivity contribution >= 4 is 5.69 Å². The Bertz CT molecular complexity index is 335. The van der Waals surface area contributed by atoms with Crippen LogP contribution >= 0.6 is 0 Å². The Hall–Kier alpha value is -1.29. The van der Waals surface area contributed by atoms with Gasteiger partial charge in [-0.2, -0.15) is 0 Å². The molecule has 4 heteroatoms. The van der Waals surface area contributed by atoms with Crippen LogP contribution in [0.4, 0.5) is 5.69 Å². The first-order valence-electron chi connectivity index (χ1n) is 5.22. The van der Waals surface area contributed by atoms with Gasteiger partial charge >= 0.3 is 0 Å². The summed E-state index contributed by atoms with van der Waals surface area (Å²) in [6, 6.07) is 1.88. The molecule has 1 aromatic rings. The molecule has 2 rings (SSSR count). The van der Waals surface area contributed by atoms with Crippen molar-refractivity contribution in [1.29, 1.82) is 0 Å². The number of anilines is 1. The molecule has 82 valence electrons. The molecule has 0 atom stereocenters. The molecule has 0 amide bonds. The number of nitrogen functional groups attached to an aromatic ring is 1. The predicted molar refractivity (Wildman–Crippen MR) is 57.9 cm³/mol. The maximum Gasteiger partial charge on any atom is 0.237 e. The maximum atomic E-state index is 5.82. The summed E-state index contributed by atoms with van der Waals surface area (Å²) in [5, 5.41) is 0. The molecule has 2 heterocycles. The molecule has 2 N–H and O–H groups in total. The van der Waals surface area contributed by atoms with E-state index in [0.717, 1.165) is 31.6 Å². The van der Waals surface area contributed by atoms with Crippen molar-refractivity contribution < 1.29 is 9.47 Å². The van der Waals surface area contributed by atoms with Crippen LogP contribution in [0.1, 0.15) is 18.4 Å². The van der Waals surface area contributed by atoms with Gasteiger partial charge in [0.15, 0.2) is 0 Å². The van der Waals surface area contributed by atoms with E-state index in [9.17, 15) is 0 Å². The highest BCUT2D eigenvalue weighted by molar-refractivity contribution is 5.49. The summed E-state index contributed by atoms with van der Waals surface area (Å²) in [7, 11) is 0. The zero-order valence-corrected chi connectivity index (χ0v) is 8.90. The van der Waals surface area contributed by atoms with Crippen LogP contribution in [0.3, 0.4) is 0 Å². The minimum Gasteiger partial charge on any atom is -0.473 e. The number of ether oxygens (including phenoxy) is 2. The van der Waals surface area contributed by atoms with Crippen LogP contribution in [0, 0.1) is 6.92 Å². The van der Waals surface area contributed by atoms with Gasteiger partial charge in [-0.15, -0.1) is 0 Å². The second-order valence-corrected chi connectivity index (χ2v) is 3.84. The topological polar surface area (TPSA) is 57.4 Å². The second-order valence-electron chi connectivity index (χ2n) is 3.84. The van der Waals surface area contributed by atoms with E-state index in [1.54, 1.807) is 6.20 Å². The molecule has 4 nitrogen and oxygen atoms in total. The summed E-state index contributed by atoms with van der Waals surface area (Å²) in [4.78, 5) is 4.18. The average Bonchev–Trinajstić information content (AvgIpc) is 2.24. The predicted octanol–water partition coefficient (Wildman–Crippen LogP) is 1.53. The number of nitrogens with zero attached hydrogens (tertiary/aromatic N) is 1. The van der Waals surface area contributed by atoms with Crippen LogP contribution in [-0.2, 0) is 4.74 Å². The number of nitrogens with two attached hydrogens (primary N) is 1. The molecule has 1 saturated heterocycles. The molecule has 0 unspecified atom stereocenters. The third-order valence-electron chi connectivity index (χ3n) is 2.46. The van der Waals surface area contributed by atoms with Crippen LogP contribution in [0.25, 0.3) is 0 Å². The molecular formula is C11H16N2O2. The lowest BCUT2D eigenvalue weighted by atomic mass is 10.1. The normalized spacial score (nSPS) is 17.7. The van der Waals surface area contributed by atoms with Crippen LogP contribution in [0.15, 0.2) is 12.3 Å². The van der Waals surface area contributed by atoms with Crippen LogP contribution < -0.4 is 10.5 Å². The van der Waals surface area contributed by atoms with E-state index in [2.05, 4.69) is 4.98 Å². The summed E-state index contributed by atoms with van der Waals surface area (Å²) >= 11 is 0. The molecular weight excluding hydrogens is 192 g/mol. The molecule has 0 aromatic carbocycles. The fraction of sp³-hybridized carbons (Fsp3) is 0.545. The smallest absolute Gasteiger partial charge is 0.237 e. The number of hydrogen-bond donors (Lipinski definition) is 1. The molecule has 1 aliphatic heterocycles. The number of pyridine rings is 1. The van der Waals surface area contributed by atoms with Gasteiger partial charge in [-0.05, 0) is 18.6 Å². The van der Waals surface area contributed by atoms with Gasteiger partial charge in [0.2, 0.25) is 5.88 Å². The molecule has 0 spiro atoms. The van der Waals surface area contributed by atoms with Crippen LogP contribution in [-0.4, -0.2) is 24.3 Å². The van der Waals surface area contributed by atoms with E-state index < -0.39 is 0 Å². The summed E-state index contributed by atoms with van der Waals surface area (Å²) in [5.74, 6) is 0.549. The van der Waals surface area contributed by atoms with Gasteiger partial charge in [-0.3, -0.25) is 0 Å². The Morgan fingerprint density at radius 2 is 2.20 bits per heavy atom. The van der Waals surface area contributed by atoms with Gasteiger partial charge in [-0.25, -0.2) is 4.98 Å². The van der Waals surface area contributed by atoms with E-state index in [1.807, 2.05) is 13.0 Å². The number of hydrogen-bond acceptors (Lipinski definition) is 4. The molecule has 0 bridgehead atoms. The largest absolute Gasteiger partial charge is 0.473 e. The first kappa shape index (κ1) is 10.2. The molecule has 15 heavy (non-hydrogen) atoms. The monoisotopic (exact) mass is 208 g/mol. The molecule has 0 aliphatic carbocycles. The summed E-state index contributed by atoms with van der Waals surface area (Å²) < 4.78 is 11.0. The van der Waals surface area contributed by atoms with Gasteiger partial charge in [-0.1, -0.05) is 0 Å². The van der Waals surface area contributed by atoms with Gasteiger partial charge in [0.25, 0.3) is 0 Å². The average molecular weight is 208 g/mol. The Morgan fingerprint density at radius 3 is 2.87 bits per heavy atom. The van der Waals surface area contributed by atoms with Crippen molar-refractivity contribution in [3.63, 3.8) is 0 Å². The van der Waals surface area contributed by atoms with E-state index in [4.69, 9.17) is 15.2 Å². The van der Waals surface area contributed by atoms with Crippen molar-refractivity contribution in [2.24, 2.45) is 0 Å². The lowest BCUT2D eigenvalue weighted by Crippen LogP contribution is -2.26. The van der Waals surface area contributed by atoms with Gasteiger partial charge < -0.3 is 15.2 Å². The van der Waals surface area contributed by atoms with E-state index in [0.29, 0.717) is 11.6 Å². The number of aryl methyl sites for hydroxylation is 1. The highest BCUT2D eigenvalue weighted by Gasteiger charge is 2.16. The van der Waals surface area contributed by atoms with E-state index in [1.165, 1.54) is 0 Å². The Morgan fingerprint density at radius 1 is 1.47 bits per heavy atom. The Balaban J connectivity index is 2.03. The first-order valence-corrected chi connectivity index (χ1v) is 5.22. The van der Waals surface area contributed by atoms with Crippen molar-refractivity contribution in [2.75, 3.05) is 18.9 Å². The summed E-state index contributed by atoms with van der Waals surface area (Å²) in [6.45, 7) is 3.48. The number of rotatable bonds is 2. The molecule has 0 saturated carbocycles. The minimum atomic E-state index is 0.191. The second kappa shape index (κ2) is 4.49. The zero-order chi connectivity index (χ0) is 10.7. The van der Waals surface area contributed by atoms with Crippen LogP contribution in [0.2, 0.25) is 0 Å². The molecule has 1 aromatic heterocycles. The van der Waals surface area contributed by atoms with Crippen molar-refractivity contribution in [1.82, 2.24) is 4.98 Å². The van der Waals surface area contributed by atoms with Crippen molar-refractivity contribution in [3.8, 4) is 5.88 Å². The minimum absolute atomic E-state index is 0.191. The highest BCUT2D eigenvalue weighted by Crippen LogP contribution is 2.22. The zero-order valence-electron chi connectivity index (χ0n) is 8.90. The molecule has 0 radical (unpaired) electrons. The quantitative estimate of drug-likeness (QED) is 0.800. The van der Waals surface area contributed by atoms with E-state index in [-0.39, 0.29) is 6.10 Å². The lowest BCUT2D eigenvalue weighted by molar-refractivity contribution is 0.0240. The SMILES string of the molecule is Cc1cnc(OC2CCOCC2)c(N)c1. The molecule has 1 aliphatic rings. The van der Waals surface area contributed by atoms with Gasteiger partial charge in [0, 0.05) is 19.0 Å². The first-order chi connectivity index (χ1) is 7.25. The lowest BCUT2D eigenvalue weighted by Gasteiger charge is -2.23. The van der Waals surface area contributed by atoms with E-state index >= 15 is 0 Å². The van der Waals surface area contributed by atoms with Gasteiger partial charge in [0.05, 0.1) is 18.9 Å². The highest BCUT2D eigenvalue weighted by atomic mass is 16.5. The summed E-state index contributed by atoms with van der Waals surface area (Å²) in [6.07, 6.45) is 3.78. The van der Waals surface area contributed by atoms with Crippen molar-refractivity contribution in [2.45, 2.75) is 25.9 Å². The fourth-order valence-corrected chi connectivity index (χ4v) is 1.63. The third-order valence-corrected chi connectivity index (χ3v) is 2.46. The molecule has 1 fully saturated rings.